The first kappa shape index (κ1) is 19.0. The van der Waals surface area contributed by atoms with E-state index in [-0.39, 0.29) is 0 Å². The predicted molar refractivity (Wildman–Crippen MR) is 108 cm³/mol. The van der Waals surface area contributed by atoms with Gasteiger partial charge in [0, 0.05) is 17.0 Å². The standard InChI is InChI=1S/C24H17F3O2/c1-14-12-20-23(19(13-21(28)29-20)16-6-4-3-5-7-16)15(2)22(14)17-8-10-18(11-9-17)24(25,26)27/h3-13H,1-2H3. The van der Waals surface area contributed by atoms with Crippen molar-refractivity contribution in [3.05, 3.63) is 93.8 Å². The Balaban J connectivity index is 2.00. The molecule has 5 heteroatoms. The molecular formula is C24H17F3O2. The zero-order chi connectivity index (χ0) is 20.8. The van der Waals surface area contributed by atoms with Crippen LogP contribution in [0.1, 0.15) is 16.7 Å². The van der Waals surface area contributed by atoms with Crippen molar-refractivity contribution in [1.82, 2.24) is 0 Å². The molecule has 0 saturated heterocycles. The molecule has 146 valence electrons. The Hall–Kier alpha value is -3.34. The van der Waals surface area contributed by atoms with Crippen molar-refractivity contribution in [3.63, 3.8) is 0 Å². The van der Waals surface area contributed by atoms with Gasteiger partial charge >= 0.3 is 11.8 Å². The van der Waals surface area contributed by atoms with Crippen molar-refractivity contribution in [3.8, 4) is 22.3 Å². The van der Waals surface area contributed by atoms with Crippen molar-refractivity contribution < 1.29 is 17.6 Å². The Morgan fingerprint density at radius 3 is 2.10 bits per heavy atom. The van der Waals surface area contributed by atoms with E-state index >= 15 is 0 Å². The first-order valence-corrected chi connectivity index (χ1v) is 9.07. The summed E-state index contributed by atoms with van der Waals surface area (Å²) in [5, 5.41) is 0.774. The molecular weight excluding hydrogens is 377 g/mol. The summed E-state index contributed by atoms with van der Waals surface area (Å²) in [6.07, 6.45) is -4.38. The lowest BCUT2D eigenvalue weighted by atomic mass is 9.89. The molecule has 0 unspecified atom stereocenters. The molecule has 4 aromatic rings. The number of aryl methyl sites for hydroxylation is 2. The van der Waals surface area contributed by atoms with Gasteiger partial charge in [-0.1, -0.05) is 42.5 Å². The summed E-state index contributed by atoms with van der Waals surface area (Å²) in [5.41, 5.74) is 4.12. The highest BCUT2D eigenvalue weighted by Gasteiger charge is 2.30. The molecule has 0 spiro atoms. The number of alkyl halides is 3. The number of benzene rings is 3. The van der Waals surface area contributed by atoms with Gasteiger partial charge < -0.3 is 4.42 Å². The van der Waals surface area contributed by atoms with Gasteiger partial charge in [-0.2, -0.15) is 13.2 Å². The maximum atomic E-state index is 12.9. The quantitative estimate of drug-likeness (QED) is 0.352. The second kappa shape index (κ2) is 6.92. The van der Waals surface area contributed by atoms with E-state index in [0.717, 1.165) is 45.3 Å². The van der Waals surface area contributed by atoms with Gasteiger partial charge in [0.05, 0.1) is 5.56 Å². The van der Waals surface area contributed by atoms with Gasteiger partial charge in [-0.05, 0) is 59.9 Å². The van der Waals surface area contributed by atoms with E-state index < -0.39 is 17.4 Å². The molecule has 29 heavy (non-hydrogen) atoms. The van der Waals surface area contributed by atoms with Crippen LogP contribution >= 0.6 is 0 Å². The average molecular weight is 394 g/mol. The highest BCUT2D eigenvalue weighted by atomic mass is 19.4. The van der Waals surface area contributed by atoms with E-state index in [4.69, 9.17) is 4.42 Å². The van der Waals surface area contributed by atoms with Crippen LogP contribution in [0.4, 0.5) is 13.2 Å². The molecule has 0 aliphatic heterocycles. The van der Waals surface area contributed by atoms with Crippen LogP contribution in [0.25, 0.3) is 33.2 Å². The van der Waals surface area contributed by atoms with Crippen molar-refractivity contribution in [2.45, 2.75) is 20.0 Å². The lowest BCUT2D eigenvalue weighted by molar-refractivity contribution is -0.137. The van der Waals surface area contributed by atoms with E-state index in [2.05, 4.69) is 0 Å². The van der Waals surface area contributed by atoms with Crippen LogP contribution in [0.2, 0.25) is 0 Å². The second-order valence-corrected chi connectivity index (χ2v) is 6.99. The topological polar surface area (TPSA) is 30.2 Å². The van der Waals surface area contributed by atoms with Crippen molar-refractivity contribution in [1.29, 1.82) is 0 Å². The molecule has 1 heterocycles. The summed E-state index contributed by atoms with van der Waals surface area (Å²) < 4.78 is 44.2. The zero-order valence-electron chi connectivity index (χ0n) is 15.8. The Bertz CT molecular complexity index is 1250. The van der Waals surface area contributed by atoms with Gasteiger partial charge in [0.1, 0.15) is 5.58 Å². The minimum absolute atomic E-state index is 0.447. The van der Waals surface area contributed by atoms with Gasteiger partial charge in [-0.25, -0.2) is 4.79 Å². The van der Waals surface area contributed by atoms with Crippen LogP contribution in [0.3, 0.4) is 0 Å². The number of fused-ring (bicyclic) bond motifs is 1. The predicted octanol–water partition coefficient (Wildman–Crippen LogP) is 6.76. The Morgan fingerprint density at radius 2 is 1.48 bits per heavy atom. The fraction of sp³-hybridized carbons (Fsp3) is 0.125. The van der Waals surface area contributed by atoms with E-state index in [1.54, 1.807) is 6.07 Å². The number of hydrogen-bond donors (Lipinski definition) is 0. The van der Waals surface area contributed by atoms with Crippen LogP contribution in [-0.4, -0.2) is 0 Å². The molecule has 0 atom stereocenters. The van der Waals surface area contributed by atoms with Crippen LogP contribution in [-0.2, 0) is 6.18 Å². The van der Waals surface area contributed by atoms with Gasteiger partial charge in [-0.15, -0.1) is 0 Å². The fourth-order valence-electron chi connectivity index (χ4n) is 3.81. The summed E-state index contributed by atoms with van der Waals surface area (Å²) in [4.78, 5) is 12.1. The van der Waals surface area contributed by atoms with Gasteiger partial charge in [-0.3, -0.25) is 0 Å². The molecule has 0 amide bonds. The lowest BCUT2D eigenvalue weighted by Gasteiger charge is -2.16. The summed E-state index contributed by atoms with van der Waals surface area (Å²) in [6.45, 7) is 3.75. The minimum Gasteiger partial charge on any atom is -0.423 e. The minimum atomic E-state index is -4.38. The number of rotatable bonds is 2. The maximum Gasteiger partial charge on any atom is 0.416 e. The first-order chi connectivity index (χ1) is 13.8. The van der Waals surface area contributed by atoms with E-state index in [0.29, 0.717) is 11.1 Å². The largest absolute Gasteiger partial charge is 0.423 e. The number of halogens is 3. The molecule has 0 aliphatic rings. The maximum absolute atomic E-state index is 12.9. The molecule has 1 aromatic heterocycles. The molecule has 3 aromatic carbocycles. The van der Waals surface area contributed by atoms with E-state index in [9.17, 15) is 18.0 Å². The Kier molecular flexibility index (Phi) is 4.53. The first-order valence-electron chi connectivity index (χ1n) is 9.07. The molecule has 0 N–H and O–H groups in total. The molecule has 2 nitrogen and oxygen atoms in total. The van der Waals surface area contributed by atoms with Crippen molar-refractivity contribution in [2.75, 3.05) is 0 Å². The third kappa shape index (κ3) is 3.44. The smallest absolute Gasteiger partial charge is 0.416 e. The normalized spacial score (nSPS) is 11.8. The van der Waals surface area contributed by atoms with Gasteiger partial charge in [0.2, 0.25) is 0 Å². The molecule has 0 radical (unpaired) electrons. The summed E-state index contributed by atoms with van der Waals surface area (Å²) in [6, 6.07) is 17.8. The fourth-order valence-corrected chi connectivity index (χ4v) is 3.81. The van der Waals surface area contributed by atoms with Crippen LogP contribution in [0.5, 0.6) is 0 Å². The Morgan fingerprint density at radius 1 is 0.828 bits per heavy atom. The third-order valence-corrected chi connectivity index (χ3v) is 5.07. The zero-order valence-corrected chi connectivity index (χ0v) is 15.8. The highest BCUT2D eigenvalue weighted by Crippen LogP contribution is 2.38. The van der Waals surface area contributed by atoms with Gasteiger partial charge in [0.15, 0.2) is 0 Å². The molecule has 0 fully saturated rings. The average Bonchev–Trinajstić information content (AvgIpc) is 2.67. The third-order valence-electron chi connectivity index (χ3n) is 5.07. The lowest BCUT2D eigenvalue weighted by Crippen LogP contribution is -2.04. The van der Waals surface area contributed by atoms with Crippen molar-refractivity contribution >= 4 is 11.0 Å². The SMILES string of the molecule is Cc1cc2oc(=O)cc(-c3ccccc3)c2c(C)c1-c1ccc(C(F)(F)F)cc1. The van der Waals surface area contributed by atoms with Gasteiger partial charge in [0.25, 0.3) is 0 Å². The van der Waals surface area contributed by atoms with Crippen LogP contribution in [0, 0.1) is 13.8 Å². The Labute approximate surface area is 165 Å². The van der Waals surface area contributed by atoms with E-state index in [1.807, 2.05) is 44.2 Å². The summed E-state index contributed by atoms with van der Waals surface area (Å²) >= 11 is 0. The van der Waals surface area contributed by atoms with Crippen LogP contribution in [0.15, 0.2) is 75.9 Å². The number of hydrogen-bond acceptors (Lipinski definition) is 2. The molecule has 0 bridgehead atoms. The summed E-state index contributed by atoms with van der Waals surface area (Å²) in [7, 11) is 0. The second-order valence-electron chi connectivity index (χ2n) is 6.99. The molecule has 4 rings (SSSR count). The van der Waals surface area contributed by atoms with E-state index in [1.165, 1.54) is 18.2 Å². The molecule has 0 aliphatic carbocycles. The monoisotopic (exact) mass is 394 g/mol. The highest BCUT2D eigenvalue weighted by molar-refractivity contribution is 6.00. The van der Waals surface area contributed by atoms with Crippen molar-refractivity contribution in [2.24, 2.45) is 0 Å². The van der Waals surface area contributed by atoms with Crippen LogP contribution < -0.4 is 5.63 Å². The summed E-state index contributed by atoms with van der Waals surface area (Å²) in [5.74, 6) is 0. The molecule has 0 saturated carbocycles.